The summed E-state index contributed by atoms with van der Waals surface area (Å²) in [5.41, 5.74) is 2.46. The molecule has 4 heteroatoms. The highest BCUT2D eigenvalue weighted by atomic mass is 32.1. The Morgan fingerprint density at radius 2 is 2.06 bits per heavy atom. The number of H-pyrrole nitrogens is 1. The minimum atomic E-state index is -0.208. The van der Waals surface area contributed by atoms with Crippen molar-refractivity contribution >= 4 is 12.2 Å². The van der Waals surface area contributed by atoms with E-state index in [0.29, 0.717) is 16.3 Å². The normalized spacial score (nSPS) is 11.1. The van der Waals surface area contributed by atoms with Crippen molar-refractivity contribution in [3.8, 4) is 5.69 Å². The average molecular weight is 250 g/mol. The molecule has 2 aromatic rings. The van der Waals surface area contributed by atoms with E-state index in [1.165, 1.54) is 6.07 Å². The monoisotopic (exact) mass is 250 g/mol. The fourth-order valence-electron chi connectivity index (χ4n) is 1.79. The zero-order valence-electron chi connectivity index (χ0n) is 10.1. The molecule has 2 rings (SSSR count). The minimum absolute atomic E-state index is 0.208. The standard InChI is InChI=1S/C13H15FN2S/c1-8(2)12-7-15-13(17)16(12)10-5-4-9(3)11(14)6-10/h4-8H,1-3H3,(H,15,17). The van der Waals surface area contributed by atoms with E-state index in [4.69, 9.17) is 12.2 Å². The van der Waals surface area contributed by atoms with Crippen LogP contribution in [0.25, 0.3) is 5.69 Å². The summed E-state index contributed by atoms with van der Waals surface area (Å²) in [6.07, 6.45) is 1.88. The van der Waals surface area contributed by atoms with Crippen LogP contribution in [0.3, 0.4) is 0 Å². The Balaban J connectivity index is 2.63. The van der Waals surface area contributed by atoms with E-state index in [2.05, 4.69) is 18.8 Å². The molecule has 0 aliphatic heterocycles. The highest BCUT2D eigenvalue weighted by Crippen LogP contribution is 2.21. The van der Waals surface area contributed by atoms with E-state index >= 15 is 0 Å². The molecule has 90 valence electrons. The number of aromatic nitrogens is 2. The molecule has 0 radical (unpaired) electrons. The van der Waals surface area contributed by atoms with Gasteiger partial charge in [-0.15, -0.1) is 0 Å². The van der Waals surface area contributed by atoms with Crippen LogP contribution < -0.4 is 0 Å². The van der Waals surface area contributed by atoms with Gasteiger partial charge in [-0.25, -0.2) is 4.39 Å². The van der Waals surface area contributed by atoms with Crippen molar-refractivity contribution in [2.24, 2.45) is 0 Å². The van der Waals surface area contributed by atoms with Gasteiger partial charge in [-0.2, -0.15) is 0 Å². The Morgan fingerprint density at radius 3 is 2.65 bits per heavy atom. The first-order valence-electron chi connectivity index (χ1n) is 5.57. The number of benzene rings is 1. The molecular formula is C13H15FN2S. The smallest absolute Gasteiger partial charge is 0.182 e. The van der Waals surface area contributed by atoms with Crippen LogP contribution in [0.2, 0.25) is 0 Å². The van der Waals surface area contributed by atoms with Crippen molar-refractivity contribution in [1.82, 2.24) is 9.55 Å². The van der Waals surface area contributed by atoms with Gasteiger partial charge < -0.3 is 4.98 Å². The number of rotatable bonds is 2. The number of aromatic amines is 1. The number of hydrogen-bond acceptors (Lipinski definition) is 1. The summed E-state index contributed by atoms with van der Waals surface area (Å²) in [5, 5.41) is 0. The van der Waals surface area contributed by atoms with Crippen LogP contribution in [0.5, 0.6) is 0 Å². The maximum atomic E-state index is 13.6. The van der Waals surface area contributed by atoms with Crippen molar-refractivity contribution in [2.75, 3.05) is 0 Å². The zero-order chi connectivity index (χ0) is 12.6. The van der Waals surface area contributed by atoms with Crippen LogP contribution in [0.1, 0.15) is 31.0 Å². The molecule has 0 spiro atoms. The second kappa shape index (κ2) is 4.45. The number of halogens is 1. The van der Waals surface area contributed by atoms with Gasteiger partial charge in [0.25, 0.3) is 0 Å². The van der Waals surface area contributed by atoms with Crippen LogP contribution in [0.4, 0.5) is 4.39 Å². The first-order valence-corrected chi connectivity index (χ1v) is 5.98. The molecule has 0 aliphatic rings. The van der Waals surface area contributed by atoms with E-state index in [1.807, 2.05) is 16.8 Å². The third-order valence-corrected chi connectivity index (χ3v) is 3.11. The summed E-state index contributed by atoms with van der Waals surface area (Å²) in [7, 11) is 0. The summed E-state index contributed by atoms with van der Waals surface area (Å²) in [6.45, 7) is 5.91. The topological polar surface area (TPSA) is 20.7 Å². The molecule has 0 unspecified atom stereocenters. The van der Waals surface area contributed by atoms with Crippen molar-refractivity contribution in [3.05, 3.63) is 46.2 Å². The minimum Gasteiger partial charge on any atom is -0.337 e. The molecule has 0 aliphatic carbocycles. The Labute approximate surface area is 105 Å². The first kappa shape index (κ1) is 12.0. The lowest BCUT2D eigenvalue weighted by Crippen LogP contribution is -2.02. The molecule has 17 heavy (non-hydrogen) atoms. The summed E-state index contributed by atoms with van der Waals surface area (Å²) >= 11 is 5.24. The van der Waals surface area contributed by atoms with Crippen LogP contribution >= 0.6 is 12.2 Å². The molecule has 0 bridgehead atoms. The molecule has 0 saturated heterocycles. The van der Waals surface area contributed by atoms with Crippen molar-refractivity contribution < 1.29 is 4.39 Å². The number of nitrogens with one attached hydrogen (secondary N) is 1. The van der Waals surface area contributed by atoms with Crippen LogP contribution in [-0.2, 0) is 0 Å². The zero-order valence-corrected chi connectivity index (χ0v) is 10.9. The van der Waals surface area contributed by atoms with Crippen molar-refractivity contribution in [2.45, 2.75) is 26.7 Å². The lowest BCUT2D eigenvalue weighted by molar-refractivity contribution is 0.616. The van der Waals surface area contributed by atoms with E-state index < -0.39 is 0 Å². The molecule has 1 aromatic carbocycles. The number of nitrogens with zero attached hydrogens (tertiary/aromatic N) is 1. The van der Waals surface area contributed by atoms with E-state index in [9.17, 15) is 4.39 Å². The highest BCUT2D eigenvalue weighted by Gasteiger charge is 2.10. The Hall–Kier alpha value is -1.42. The number of imidazole rings is 1. The quantitative estimate of drug-likeness (QED) is 0.796. The van der Waals surface area contributed by atoms with Gasteiger partial charge in [0.1, 0.15) is 5.82 Å². The van der Waals surface area contributed by atoms with Gasteiger partial charge in [-0.3, -0.25) is 4.57 Å². The van der Waals surface area contributed by atoms with E-state index in [0.717, 1.165) is 11.4 Å². The molecule has 2 nitrogen and oxygen atoms in total. The fourth-order valence-corrected chi connectivity index (χ4v) is 2.06. The molecular weight excluding hydrogens is 235 g/mol. The number of hydrogen-bond donors (Lipinski definition) is 1. The maximum absolute atomic E-state index is 13.6. The van der Waals surface area contributed by atoms with Crippen molar-refractivity contribution in [1.29, 1.82) is 0 Å². The molecule has 0 saturated carbocycles. The van der Waals surface area contributed by atoms with Gasteiger partial charge >= 0.3 is 0 Å². The van der Waals surface area contributed by atoms with Gasteiger partial charge in [0, 0.05) is 11.9 Å². The van der Waals surface area contributed by atoms with Gasteiger partial charge in [-0.05, 0) is 42.8 Å². The van der Waals surface area contributed by atoms with Crippen LogP contribution in [0.15, 0.2) is 24.4 Å². The Morgan fingerprint density at radius 1 is 1.35 bits per heavy atom. The summed E-state index contributed by atoms with van der Waals surface area (Å²) in [5.74, 6) is 0.118. The average Bonchev–Trinajstić information content (AvgIpc) is 2.64. The molecule has 1 heterocycles. The summed E-state index contributed by atoms with van der Waals surface area (Å²) in [6, 6.07) is 5.17. The van der Waals surface area contributed by atoms with Crippen molar-refractivity contribution in [3.63, 3.8) is 0 Å². The lowest BCUT2D eigenvalue weighted by Gasteiger charge is -2.11. The molecule has 0 atom stereocenters. The van der Waals surface area contributed by atoms with E-state index in [-0.39, 0.29) is 5.82 Å². The lowest BCUT2D eigenvalue weighted by atomic mass is 10.1. The predicted octanol–water partition coefficient (Wildman–Crippen LogP) is 4.11. The molecule has 0 amide bonds. The third kappa shape index (κ3) is 2.17. The molecule has 1 aromatic heterocycles. The van der Waals surface area contributed by atoms with Gasteiger partial charge in [-0.1, -0.05) is 19.9 Å². The highest BCUT2D eigenvalue weighted by molar-refractivity contribution is 7.71. The fraction of sp³-hybridized carbons (Fsp3) is 0.308. The summed E-state index contributed by atoms with van der Waals surface area (Å²) in [4.78, 5) is 3.01. The third-order valence-electron chi connectivity index (χ3n) is 2.81. The second-order valence-corrected chi connectivity index (χ2v) is 4.83. The predicted molar refractivity (Wildman–Crippen MR) is 69.7 cm³/mol. The Bertz CT molecular complexity index is 596. The molecule has 0 fully saturated rings. The maximum Gasteiger partial charge on any atom is 0.182 e. The van der Waals surface area contributed by atoms with Gasteiger partial charge in [0.15, 0.2) is 4.77 Å². The number of aryl methyl sites for hydroxylation is 1. The second-order valence-electron chi connectivity index (χ2n) is 4.44. The van der Waals surface area contributed by atoms with E-state index in [1.54, 1.807) is 13.0 Å². The largest absolute Gasteiger partial charge is 0.337 e. The Kier molecular flexibility index (Phi) is 3.15. The SMILES string of the molecule is Cc1ccc(-n2c(C(C)C)c[nH]c2=S)cc1F. The van der Waals surface area contributed by atoms with Crippen LogP contribution in [0, 0.1) is 17.5 Å². The summed E-state index contributed by atoms with van der Waals surface area (Å²) < 4.78 is 16.0. The first-order chi connectivity index (χ1) is 8.00. The van der Waals surface area contributed by atoms with Gasteiger partial charge in [0.2, 0.25) is 0 Å². The van der Waals surface area contributed by atoms with Gasteiger partial charge in [0.05, 0.1) is 5.69 Å². The molecule has 1 N–H and O–H groups in total. The van der Waals surface area contributed by atoms with Crippen LogP contribution in [-0.4, -0.2) is 9.55 Å².